The number of nitrogens with zero attached hydrogens (tertiary/aromatic N) is 3. The quantitative estimate of drug-likeness (QED) is 0.475. The van der Waals surface area contributed by atoms with Crippen LogP contribution in [0, 0.1) is 10.1 Å². The van der Waals surface area contributed by atoms with Gasteiger partial charge in [-0.3, -0.25) is 14.9 Å². The number of rotatable bonds is 7. The van der Waals surface area contributed by atoms with E-state index in [2.05, 4.69) is 15.5 Å². The number of benzene rings is 1. The number of carbonyl (C=O) groups excluding carboxylic acids is 1. The largest absolute Gasteiger partial charge is 0.355 e. The second-order valence-electron chi connectivity index (χ2n) is 4.70. The van der Waals surface area contributed by atoms with Crippen LogP contribution in [0.3, 0.4) is 0 Å². The van der Waals surface area contributed by atoms with Crippen molar-refractivity contribution in [3.63, 3.8) is 0 Å². The average molecular weight is 332 g/mol. The summed E-state index contributed by atoms with van der Waals surface area (Å²) in [7, 11) is 0. The molecule has 7 nitrogen and oxygen atoms in total. The molecule has 1 aromatic heterocycles. The van der Waals surface area contributed by atoms with E-state index in [1.54, 1.807) is 24.3 Å². The highest BCUT2D eigenvalue weighted by Crippen LogP contribution is 2.23. The van der Waals surface area contributed by atoms with Crippen molar-refractivity contribution in [1.29, 1.82) is 0 Å². The summed E-state index contributed by atoms with van der Waals surface area (Å²) < 4.78 is 0. The first kappa shape index (κ1) is 16.9. The van der Waals surface area contributed by atoms with Crippen LogP contribution in [-0.2, 0) is 4.79 Å². The summed E-state index contributed by atoms with van der Waals surface area (Å²) in [4.78, 5) is 21.9. The molecular formula is C15H16N4O3S. The molecule has 1 amide bonds. The Labute approximate surface area is 137 Å². The van der Waals surface area contributed by atoms with E-state index < -0.39 is 4.92 Å². The van der Waals surface area contributed by atoms with Crippen LogP contribution in [0.15, 0.2) is 41.4 Å². The number of nitro groups is 1. The Morgan fingerprint density at radius 3 is 2.78 bits per heavy atom. The highest BCUT2D eigenvalue weighted by atomic mass is 32.2. The van der Waals surface area contributed by atoms with Crippen LogP contribution in [0.4, 0.5) is 5.69 Å². The van der Waals surface area contributed by atoms with Crippen LogP contribution in [0.25, 0.3) is 11.3 Å². The van der Waals surface area contributed by atoms with Crippen molar-refractivity contribution in [1.82, 2.24) is 15.5 Å². The maximum absolute atomic E-state index is 11.5. The summed E-state index contributed by atoms with van der Waals surface area (Å²) in [5, 5.41) is 22.3. The van der Waals surface area contributed by atoms with Gasteiger partial charge in [-0.1, -0.05) is 30.8 Å². The maximum atomic E-state index is 11.5. The van der Waals surface area contributed by atoms with E-state index in [9.17, 15) is 14.9 Å². The number of nitro benzene ring substituents is 1. The van der Waals surface area contributed by atoms with E-state index >= 15 is 0 Å². The first-order valence-corrected chi connectivity index (χ1v) is 8.06. The lowest BCUT2D eigenvalue weighted by atomic mass is 10.1. The van der Waals surface area contributed by atoms with Crippen LogP contribution in [-0.4, -0.2) is 33.3 Å². The SMILES string of the molecule is CCCNC(=O)CSc1ccc(-c2cccc([N+](=O)[O-])c2)nn1. The molecule has 1 N–H and O–H groups in total. The van der Waals surface area contributed by atoms with Gasteiger partial charge in [-0.2, -0.15) is 0 Å². The summed E-state index contributed by atoms with van der Waals surface area (Å²) >= 11 is 1.30. The molecule has 2 aromatic rings. The van der Waals surface area contributed by atoms with E-state index in [4.69, 9.17) is 0 Å². The van der Waals surface area contributed by atoms with Gasteiger partial charge >= 0.3 is 0 Å². The average Bonchev–Trinajstić information content (AvgIpc) is 2.58. The lowest BCUT2D eigenvalue weighted by Gasteiger charge is -2.04. The molecule has 0 fully saturated rings. The molecular weight excluding hydrogens is 316 g/mol. The van der Waals surface area contributed by atoms with Gasteiger partial charge in [-0.15, -0.1) is 10.2 Å². The van der Waals surface area contributed by atoms with Gasteiger partial charge in [0.1, 0.15) is 5.03 Å². The number of carbonyl (C=O) groups is 1. The van der Waals surface area contributed by atoms with Crippen LogP contribution < -0.4 is 5.32 Å². The number of hydrogen-bond donors (Lipinski definition) is 1. The summed E-state index contributed by atoms with van der Waals surface area (Å²) in [5.74, 6) is 0.242. The third-order valence-corrected chi connectivity index (χ3v) is 3.84. The zero-order valence-corrected chi connectivity index (χ0v) is 13.4. The second-order valence-corrected chi connectivity index (χ2v) is 5.70. The number of non-ortho nitro benzene ring substituents is 1. The molecule has 120 valence electrons. The summed E-state index contributed by atoms with van der Waals surface area (Å²) in [5.41, 5.74) is 1.19. The van der Waals surface area contributed by atoms with Gasteiger partial charge in [0.25, 0.3) is 5.69 Å². The van der Waals surface area contributed by atoms with Gasteiger partial charge < -0.3 is 5.32 Å². The minimum atomic E-state index is -0.448. The Kier molecular flexibility index (Phi) is 6.04. The number of amides is 1. The predicted molar refractivity (Wildman–Crippen MR) is 88.1 cm³/mol. The van der Waals surface area contributed by atoms with Crippen molar-refractivity contribution in [2.75, 3.05) is 12.3 Å². The van der Waals surface area contributed by atoms with Crippen LogP contribution in [0.5, 0.6) is 0 Å². The monoisotopic (exact) mass is 332 g/mol. The fraction of sp³-hybridized carbons (Fsp3) is 0.267. The molecule has 0 aliphatic rings. The Hall–Kier alpha value is -2.48. The van der Waals surface area contributed by atoms with Gasteiger partial charge in [0.2, 0.25) is 5.91 Å². The molecule has 1 heterocycles. The topological polar surface area (TPSA) is 98.0 Å². The number of thioether (sulfide) groups is 1. The molecule has 1 aromatic carbocycles. The van der Waals surface area contributed by atoms with Crippen molar-refractivity contribution >= 4 is 23.4 Å². The van der Waals surface area contributed by atoms with E-state index in [1.807, 2.05) is 6.92 Å². The number of hydrogen-bond acceptors (Lipinski definition) is 6. The van der Waals surface area contributed by atoms with Gasteiger partial charge in [-0.25, -0.2) is 0 Å². The molecule has 0 saturated carbocycles. The summed E-state index contributed by atoms with van der Waals surface area (Å²) in [6.07, 6.45) is 0.897. The second kappa shape index (κ2) is 8.23. The maximum Gasteiger partial charge on any atom is 0.270 e. The van der Waals surface area contributed by atoms with E-state index in [-0.39, 0.29) is 17.3 Å². The smallest absolute Gasteiger partial charge is 0.270 e. The molecule has 8 heteroatoms. The lowest BCUT2D eigenvalue weighted by molar-refractivity contribution is -0.384. The molecule has 0 aliphatic carbocycles. The summed E-state index contributed by atoms with van der Waals surface area (Å²) in [6.45, 7) is 2.66. The number of aromatic nitrogens is 2. The molecule has 0 bridgehead atoms. The van der Waals surface area contributed by atoms with Crippen LogP contribution in [0.1, 0.15) is 13.3 Å². The summed E-state index contributed by atoms with van der Waals surface area (Å²) in [6, 6.07) is 9.71. The van der Waals surface area contributed by atoms with Gasteiger partial charge in [-0.05, 0) is 18.6 Å². The molecule has 0 saturated heterocycles. The van der Waals surface area contributed by atoms with Gasteiger partial charge in [0, 0.05) is 24.2 Å². The Morgan fingerprint density at radius 2 is 2.13 bits per heavy atom. The number of nitrogens with one attached hydrogen (secondary N) is 1. The minimum absolute atomic E-state index is 0.00958. The molecule has 23 heavy (non-hydrogen) atoms. The van der Waals surface area contributed by atoms with Crippen molar-refractivity contribution < 1.29 is 9.72 Å². The van der Waals surface area contributed by atoms with Crippen molar-refractivity contribution in [3.05, 3.63) is 46.5 Å². The zero-order valence-electron chi connectivity index (χ0n) is 12.6. The fourth-order valence-electron chi connectivity index (χ4n) is 1.78. The van der Waals surface area contributed by atoms with Crippen LogP contribution >= 0.6 is 11.8 Å². The Bertz CT molecular complexity index is 691. The highest BCUT2D eigenvalue weighted by Gasteiger charge is 2.09. The molecule has 2 rings (SSSR count). The van der Waals surface area contributed by atoms with Crippen molar-refractivity contribution in [2.45, 2.75) is 18.4 Å². The third-order valence-electron chi connectivity index (χ3n) is 2.92. The fourth-order valence-corrected chi connectivity index (χ4v) is 2.43. The normalized spacial score (nSPS) is 10.3. The van der Waals surface area contributed by atoms with Gasteiger partial charge in [0.05, 0.1) is 16.4 Å². The Morgan fingerprint density at radius 1 is 1.30 bits per heavy atom. The molecule has 0 radical (unpaired) electrons. The standard InChI is InChI=1S/C15H16N4O3S/c1-2-8-16-14(20)10-23-15-7-6-13(17-18-15)11-4-3-5-12(9-11)19(21)22/h3-7,9H,2,8,10H2,1H3,(H,16,20). The van der Waals surface area contributed by atoms with Crippen molar-refractivity contribution in [2.24, 2.45) is 0 Å². The van der Waals surface area contributed by atoms with E-state index in [0.29, 0.717) is 22.8 Å². The molecule has 0 aliphatic heterocycles. The lowest BCUT2D eigenvalue weighted by Crippen LogP contribution is -2.25. The van der Waals surface area contributed by atoms with E-state index in [1.165, 1.54) is 23.9 Å². The molecule has 0 spiro atoms. The first-order chi connectivity index (χ1) is 11.1. The van der Waals surface area contributed by atoms with Crippen molar-refractivity contribution in [3.8, 4) is 11.3 Å². The predicted octanol–water partition coefficient (Wildman–Crippen LogP) is 2.67. The van der Waals surface area contributed by atoms with Gasteiger partial charge in [0.15, 0.2) is 0 Å². The molecule has 0 atom stereocenters. The Balaban J connectivity index is 2.01. The minimum Gasteiger partial charge on any atom is -0.355 e. The zero-order chi connectivity index (χ0) is 16.7. The third kappa shape index (κ3) is 5.03. The highest BCUT2D eigenvalue weighted by molar-refractivity contribution is 7.99. The van der Waals surface area contributed by atoms with Crippen LogP contribution in [0.2, 0.25) is 0 Å². The van der Waals surface area contributed by atoms with E-state index in [0.717, 1.165) is 6.42 Å². The molecule has 0 unspecified atom stereocenters. The first-order valence-electron chi connectivity index (χ1n) is 7.08.